The summed E-state index contributed by atoms with van der Waals surface area (Å²) < 4.78 is 111. The second kappa shape index (κ2) is 15.4. The number of carbonyl (C=O) groups is 2. The molecule has 1 atom stereocenters. The first-order valence-corrected chi connectivity index (χ1v) is 18.9. The number of hydrogen-bond donors (Lipinski definition) is 3. The van der Waals surface area contributed by atoms with Crippen LogP contribution in [0.3, 0.4) is 0 Å². The summed E-state index contributed by atoms with van der Waals surface area (Å²) in [6.07, 6.45) is -2.88. The summed E-state index contributed by atoms with van der Waals surface area (Å²) in [7, 11) is -4.22. The van der Waals surface area contributed by atoms with Crippen LogP contribution < -0.4 is 20.3 Å². The van der Waals surface area contributed by atoms with Crippen molar-refractivity contribution in [2.45, 2.75) is 87.9 Å². The zero-order valence-corrected chi connectivity index (χ0v) is 29.9. The van der Waals surface area contributed by atoms with Crippen LogP contribution in [-0.2, 0) is 35.5 Å². The zero-order valence-electron chi connectivity index (χ0n) is 29.1. The van der Waals surface area contributed by atoms with Gasteiger partial charge >= 0.3 is 12.4 Å². The Morgan fingerprint density at radius 3 is 2.15 bits per heavy atom. The van der Waals surface area contributed by atoms with Crippen LogP contribution in [0, 0.1) is 0 Å². The molecule has 2 heterocycles. The lowest BCUT2D eigenvalue weighted by molar-refractivity contribution is -0.142. The quantitative estimate of drug-likeness (QED) is 0.112. The van der Waals surface area contributed by atoms with Gasteiger partial charge in [0.1, 0.15) is 11.4 Å². The first kappa shape index (κ1) is 38.7. The molecule has 3 N–H and O–H groups in total. The van der Waals surface area contributed by atoms with E-state index in [1.807, 2.05) is 4.72 Å². The SMILES string of the molecule is C[C@H](NC(=O)c1c(C(F)(F)F)nn2c1N(Cc1cccc(C(F)(F)F)c1)CC2)c1ccc(C(=O)NS(=O)(=O)c2ccc(NC3CCCCCC3)cc2)cc1. The average molecular weight is 777 g/mol. The average Bonchev–Trinajstić information content (AvgIpc) is 3.59. The molecule has 0 spiro atoms. The Morgan fingerprint density at radius 2 is 1.52 bits per heavy atom. The van der Waals surface area contributed by atoms with E-state index in [1.54, 1.807) is 12.1 Å². The molecule has 1 aliphatic carbocycles. The van der Waals surface area contributed by atoms with Gasteiger partial charge in [-0.15, -0.1) is 0 Å². The lowest BCUT2D eigenvalue weighted by Gasteiger charge is -2.21. The Hall–Kier alpha value is -5.06. The molecule has 4 aromatic rings. The minimum Gasteiger partial charge on any atom is -0.382 e. The third-order valence-corrected chi connectivity index (χ3v) is 10.9. The van der Waals surface area contributed by atoms with Gasteiger partial charge in [0.2, 0.25) is 0 Å². The lowest BCUT2D eigenvalue weighted by Crippen LogP contribution is -2.31. The lowest BCUT2D eigenvalue weighted by atomic mass is 10.0. The van der Waals surface area contributed by atoms with E-state index >= 15 is 0 Å². The van der Waals surface area contributed by atoms with E-state index < -0.39 is 57.1 Å². The molecule has 3 aromatic carbocycles. The number of benzene rings is 3. The molecule has 2 aliphatic rings. The minimum atomic E-state index is -5.02. The Balaban J connectivity index is 1.12. The fourth-order valence-electron chi connectivity index (χ4n) is 6.78. The van der Waals surface area contributed by atoms with Gasteiger partial charge in [-0.3, -0.25) is 9.59 Å². The molecule has 288 valence electrons. The molecule has 1 aromatic heterocycles. The zero-order chi connectivity index (χ0) is 38.8. The largest absolute Gasteiger partial charge is 0.436 e. The van der Waals surface area contributed by atoms with Crippen molar-refractivity contribution in [1.82, 2.24) is 19.8 Å². The van der Waals surface area contributed by atoms with Gasteiger partial charge < -0.3 is 15.5 Å². The smallest absolute Gasteiger partial charge is 0.382 e. The van der Waals surface area contributed by atoms with Crippen LogP contribution in [0.4, 0.5) is 37.8 Å². The molecule has 0 saturated heterocycles. The fourth-order valence-corrected chi connectivity index (χ4v) is 7.76. The van der Waals surface area contributed by atoms with Crippen LogP contribution in [0.15, 0.2) is 77.7 Å². The molecule has 0 bridgehead atoms. The normalized spacial score (nSPS) is 16.0. The van der Waals surface area contributed by atoms with E-state index in [2.05, 4.69) is 15.7 Å². The van der Waals surface area contributed by atoms with Gasteiger partial charge in [-0.2, -0.15) is 31.4 Å². The maximum Gasteiger partial charge on any atom is 0.436 e. The highest BCUT2D eigenvalue weighted by atomic mass is 32.2. The molecule has 54 heavy (non-hydrogen) atoms. The summed E-state index contributed by atoms with van der Waals surface area (Å²) in [5.74, 6) is -2.20. The Bertz CT molecular complexity index is 2090. The Labute approximate surface area is 308 Å². The molecule has 10 nitrogen and oxygen atoms in total. The fraction of sp³-hybridized carbons (Fsp3) is 0.378. The van der Waals surface area contributed by atoms with Gasteiger partial charge in [-0.1, -0.05) is 49.9 Å². The van der Waals surface area contributed by atoms with Crippen LogP contribution in [0.5, 0.6) is 0 Å². The van der Waals surface area contributed by atoms with E-state index in [9.17, 15) is 44.3 Å². The summed E-state index contributed by atoms with van der Waals surface area (Å²) in [5.41, 5.74) is -1.79. The van der Waals surface area contributed by atoms with Crippen LogP contribution in [0.25, 0.3) is 0 Å². The number of sulfonamides is 1. The van der Waals surface area contributed by atoms with Crippen molar-refractivity contribution >= 4 is 33.3 Å². The van der Waals surface area contributed by atoms with E-state index in [-0.39, 0.29) is 41.5 Å². The number of amides is 2. The van der Waals surface area contributed by atoms with Gasteiger partial charge in [-0.25, -0.2) is 17.8 Å². The predicted molar refractivity (Wildman–Crippen MR) is 188 cm³/mol. The Morgan fingerprint density at radius 1 is 0.852 bits per heavy atom. The third kappa shape index (κ3) is 8.83. The number of anilines is 2. The van der Waals surface area contributed by atoms with Crippen molar-refractivity contribution in [3.8, 4) is 0 Å². The predicted octanol–water partition coefficient (Wildman–Crippen LogP) is 7.69. The van der Waals surface area contributed by atoms with Crippen molar-refractivity contribution in [2.75, 3.05) is 16.8 Å². The molecule has 1 saturated carbocycles. The number of carbonyl (C=O) groups excluding carboxylic acids is 2. The highest BCUT2D eigenvalue weighted by molar-refractivity contribution is 7.90. The number of halogens is 6. The topological polar surface area (TPSA) is 125 Å². The second-order valence-electron chi connectivity index (χ2n) is 13.5. The number of nitrogens with one attached hydrogen (secondary N) is 3. The van der Waals surface area contributed by atoms with Crippen molar-refractivity contribution < 1.29 is 44.3 Å². The number of fused-ring (bicyclic) bond motifs is 1. The highest BCUT2D eigenvalue weighted by Crippen LogP contribution is 2.39. The standard InChI is InChI=1S/C37H38F6N6O4S/c1-23(25-11-13-26(14-12-25)33(50)47-54(52,53)30-17-15-29(16-18-30)45-28-9-4-2-3-5-10-28)44-34(51)31-32(37(41,42)43)46-49-20-19-48(35(31)49)22-24-7-6-8-27(21-24)36(38,39)40/h6-8,11-18,21,23,28,45H,2-5,9-10,19-20,22H2,1H3,(H,44,51)(H,47,50)/t23-/m0/s1. The number of hydrogen-bond acceptors (Lipinski definition) is 7. The summed E-state index contributed by atoms with van der Waals surface area (Å²) in [6, 6.07) is 15.4. The van der Waals surface area contributed by atoms with Gasteiger partial charge in [0, 0.05) is 30.4 Å². The summed E-state index contributed by atoms with van der Waals surface area (Å²) >= 11 is 0. The Kier molecular flexibility index (Phi) is 11.0. The first-order chi connectivity index (χ1) is 25.5. The molecule has 6 rings (SSSR count). The van der Waals surface area contributed by atoms with Crippen molar-refractivity contribution in [3.63, 3.8) is 0 Å². The van der Waals surface area contributed by atoms with E-state index in [0.29, 0.717) is 11.6 Å². The number of nitrogens with zero attached hydrogens (tertiary/aromatic N) is 3. The summed E-state index contributed by atoms with van der Waals surface area (Å²) in [5, 5.41) is 9.60. The summed E-state index contributed by atoms with van der Waals surface area (Å²) in [4.78, 5) is 27.7. The van der Waals surface area contributed by atoms with E-state index in [1.165, 1.54) is 73.2 Å². The van der Waals surface area contributed by atoms with Crippen molar-refractivity contribution in [3.05, 3.63) is 106 Å². The summed E-state index contributed by atoms with van der Waals surface area (Å²) in [6.45, 7) is 1.38. The number of aromatic nitrogens is 2. The van der Waals surface area contributed by atoms with Crippen LogP contribution in [-0.4, -0.2) is 42.6 Å². The van der Waals surface area contributed by atoms with Crippen LogP contribution >= 0.6 is 0 Å². The molecule has 0 radical (unpaired) electrons. The van der Waals surface area contributed by atoms with Gasteiger partial charge in [0.25, 0.3) is 21.8 Å². The first-order valence-electron chi connectivity index (χ1n) is 17.4. The van der Waals surface area contributed by atoms with Crippen molar-refractivity contribution in [2.24, 2.45) is 0 Å². The maximum atomic E-state index is 14.1. The van der Waals surface area contributed by atoms with E-state index in [0.717, 1.165) is 48.2 Å². The van der Waals surface area contributed by atoms with Gasteiger partial charge in [-0.05, 0) is 79.4 Å². The number of rotatable bonds is 10. The monoisotopic (exact) mass is 776 g/mol. The second-order valence-corrected chi connectivity index (χ2v) is 15.2. The van der Waals surface area contributed by atoms with Gasteiger partial charge in [0.15, 0.2) is 5.69 Å². The van der Waals surface area contributed by atoms with Crippen LogP contribution in [0.1, 0.15) is 94.6 Å². The molecule has 17 heteroatoms. The molecule has 1 fully saturated rings. The van der Waals surface area contributed by atoms with Crippen LogP contribution in [0.2, 0.25) is 0 Å². The number of alkyl halides is 6. The molecule has 0 unspecified atom stereocenters. The third-order valence-electron chi connectivity index (χ3n) is 9.57. The highest BCUT2D eigenvalue weighted by Gasteiger charge is 2.44. The minimum absolute atomic E-state index is 0.0217. The molecular formula is C37H38F6N6O4S. The molecule has 1 aliphatic heterocycles. The van der Waals surface area contributed by atoms with E-state index in [4.69, 9.17) is 0 Å². The molecule has 2 amide bonds. The maximum absolute atomic E-state index is 14.1. The van der Waals surface area contributed by atoms with Gasteiger partial charge in [0.05, 0.1) is 23.0 Å². The molecular weight excluding hydrogens is 738 g/mol. The van der Waals surface area contributed by atoms with Crippen molar-refractivity contribution in [1.29, 1.82) is 0 Å².